The summed E-state index contributed by atoms with van der Waals surface area (Å²) in [6.45, 7) is 0. The summed E-state index contributed by atoms with van der Waals surface area (Å²) in [6, 6.07) is 0. The van der Waals surface area contributed by atoms with Crippen LogP contribution in [0.3, 0.4) is 0 Å². The van der Waals surface area contributed by atoms with Crippen molar-refractivity contribution in [3.05, 3.63) is 32.0 Å². The van der Waals surface area contributed by atoms with Crippen molar-refractivity contribution in [2.45, 2.75) is 0 Å². The molecule has 0 unspecified atom stereocenters. The molecule has 74 valence electrons. The fraction of sp³-hybridized carbons (Fsp3) is 0. The molecule has 0 aromatic carbocycles. The number of hydrogen-bond donors (Lipinski definition) is 0. The molecule has 8 N–H and O–H groups in total. The summed E-state index contributed by atoms with van der Waals surface area (Å²) in [6.07, 6.45) is 0. The van der Waals surface area contributed by atoms with Crippen molar-refractivity contribution in [2.75, 3.05) is 0 Å². The van der Waals surface area contributed by atoms with Crippen LogP contribution in [-0.4, -0.2) is 0 Å². The van der Waals surface area contributed by atoms with E-state index < -0.39 is 0 Å². The summed E-state index contributed by atoms with van der Waals surface area (Å²) in [5, 5.41) is 0. The normalized spacial score (nSPS) is 1.56. The molecule has 0 aromatic heterocycles. The topological polar surface area (TPSA) is 134 Å². The number of rotatable bonds is 0. The first-order chi connectivity index (χ1) is 2.00. The van der Waals surface area contributed by atoms with E-state index in [9.17, 15) is 0 Å². The van der Waals surface area contributed by atoms with Gasteiger partial charge in [0.1, 0.15) is 0 Å². The van der Waals surface area contributed by atoms with E-state index in [4.69, 9.17) is 0 Å². The predicted octanol–water partition coefficient (Wildman–Crippen LogP) is 4.69. The Labute approximate surface area is 87.8 Å². The summed E-state index contributed by atoms with van der Waals surface area (Å²) < 4.78 is 0. The molecule has 9 heavy (non-hydrogen) atoms. The zero-order chi connectivity index (χ0) is 4.00. The van der Waals surface area contributed by atoms with Gasteiger partial charge < -0.3 is 32.0 Å². The quantitative estimate of drug-likeness (QED) is 0.395. The number of halogens is 2. The Kier molecular flexibility index (Phi) is 1880. The van der Waals surface area contributed by atoms with E-state index >= 15 is 0 Å². The van der Waals surface area contributed by atoms with Gasteiger partial charge in [-0.1, -0.05) is 0 Å². The van der Waals surface area contributed by atoms with E-state index in [1.54, 1.807) is 37.5 Å². The van der Waals surface area contributed by atoms with E-state index in [-0.39, 0.29) is 32.0 Å². The molecule has 0 amide bonds. The van der Waals surface area contributed by atoms with Gasteiger partial charge in [-0.25, -0.2) is 0 Å². The average molecular weight is 540 g/mol. The van der Waals surface area contributed by atoms with E-state index in [2.05, 4.69) is 18.8 Å². The first-order valence-electron chi connectivity index (χ1n) is 0.239. The molecule has 0 fully saturated rings. The second kappa shape index (κ2) is 235. The largest absolute Gasteiger partial charge is 0.693 e. The Morgan fingerprint density at radius 3 is 0.556 bits per heavy atom. The van der Waals surface area contributed by atoms with E-state index in [1.165, 1.54) is 0 Å². The molecule has 0 aromatic rings. The minimum Gasteiger partial charge on any atom is -0.693 e. The fourth-order valence-electron chi connectivity index (χ4n) is 0. The maximum Gasteiger partial charge on any atom is -0.693 e. The van der Waals surface area contributed by atoms with Gasteiger partial charge in [0.15, 0.2) is 0 Å². The minimum atomic E-state index is 0. The molecule has 0 aliphatic rings. The smallest absolute Gasteiger partial charge is 0.693 e. The maximum atomic E-state index is 4.61. The van der Waals surface area contributed by atoms with Crippen molar-refractivity contribution in [3.63, 3.8) is 0 Å². The van der Waals surface area contributed by atoms with Gasteiger partial charge in [-0.05, 0) is 0 Å². The molecule has 0 radical (unpaired) electrons. The monoisotopic (exact) mass is 539 g/mol. The summed E-state index contributed by atoms with van der Waals surface area (Å²) in [5.74, 6) is 0. The molecule has 8 heteroatoms. The third-order valence-corrected chi connectivity index (χ3v) is 0. The van der Waals surface area contributed by atoms with Crippen LogP contribution < -0.4 is 0 Å². The van der Waals surface area contributed by atoms with Crippen LogP contribution in [0, 0.1) is 7.43 Å². The molecule has 0 atom stereocenters. The first-order valence-corrected chi connectivity index (χ1v) is 5.87. The Morgan fingerprint density at radius 2 is 0.556 bits per heavy atom. The molecular weight excluding hydrogens is 529 g/mol. The molecule has 0 rings (SSSR count). The molecule has 0 aliphatic carbocycles. The van der Waals surface area contributed by atoms with Gasteiger partial charge in [0.2, 0.25) is 0 Å². The Balaban J connectivity index is -0.00000000114. The van der Waals surface area contributed by atoms with Crippen molar-refractivity contribution >= 4 is 18.8 Å². The number of nitrogens with two attached hydrogens (primary N) is 4. The van der Waals surface area contributed by atoms with Crippen LogP contribution in [0.2, 0.25) is 0 Å². The van der Waals surface area contributed by atoms with E-state index in [0.29, 0.717) is 0 Å². The first kappa shape index (κ1) is 71.9. The van der Waals surface area contributed by atoms with Crippen LogP contribution in [0.25, 0.3) is 24.6 Å². The van der Waals surface area contributed by atoms with Crippen LogP contribution >= 0.6 is 18.8 Å². The summed E-state index contributed by atoms with van der Waals surface area (Å²) in [7, 11) is 9.22. The van der Waals surface area contributed by atoms with E-state index in [1.807, 2.05) is 0 Å². The van der Waals surface area contributed by atoms with Crippen molar-refractivity contribution in [1.82, 2.24) is 0 Å². The van der Waals surface area contributed by atoms with Crippen LogP contribution in [0.15, 0.2) is 0 Å². The predicted molar refractivity (Wildman–Crippen MR) is 39.3 cm³/mol. The van der Waals surface area contributed by atoms with Crippen molar-refractivity contribution < 1.29 is 37.5 Å². The van der Waals surface area contributed by atoms with Crippen molar-refractivity contribution in [2.24, 2.45) is 0 Å². The van der Waals surface area contributed by atoms with Gasteiger partial charge in [0.05, 0.1) is 0 Å². The molecule has 0 bridgehead atoms. The second-order valence-electron chi connectivity index (χ2n) is 0. The summed E-state index contributed by atoms with van der Waals surface area (Å²) >= 11 is 3.22. The SMILES string of the molecule is [CH3-].[Cl][Pt].[Cl][Pt].[NH2-].[NH2-].[NH2-].[NH2-]. The molecule has 0 heterocycles. The minimum absolute atomic E-state index is 0. The zero-order valence-electron chi connectivity index (χ0n) is 4.70. The third-order valence-electron chi connectivity index (χ3n) is 0. The van der Waals surface area contributed by atoms with Gasteiger partial charge in [0, 0.05) is 0 Å². The van der Waals surface area contributed by atoms with E-state index in [0.717, 1.165) is 0 Å². The molecule has 0 saturated carbocycles. The van der Waals surface area contributed by atoms with Crippen molar-refractivity contribution in [3.8, 4) is 0 Å². The molecule has 0 spiro atoms. The molecular formula is CH11Cl2N4Pt2-5. The van der Waals surface area contributed by atoms with Crippen LogP contribution in [0.5, 0.6) is 0 Å². The van der Waals surface area contributed by atoms with Crippen molar-refractivity contribution in [1.29, 1.82) is 0 Å². The van der Waals surface area contributed by atoms with Crippen LogP contribution in [0.1, 0.15) is 0 Å². The van der Waals surface area contributed by atoms with Gasteiger partial charge in [-0.15, -0.1) is 0 Å². The second-order valence-corrected chi connectivity index (χ2v) is 0. The third kappa shape index (κ3) is 184. The Morgan fingerprint density at radius 1 is 0.556 bits per heavy atom. The van der Waals surface area contributed by atoms with Gasteiger partial charge in [-0.3, -0.25) is 0 Å². The standard InChI is InChI=1S/CH3.2ClH.4H2N.2Pt/h1H3;2*1H;4*1H2;;/q-1;;;4*-1;2*+1/p-2. The molecule has 0 saturated heterocycles. The average Bonchev–Trinajstić information content (AvgIpc) is 1.50. The Bertz CT molecular complexity index is 16.5. The summed E-state index contributed by atoms with van der Waals surface area (Å²) in [4.78, 5) is 0. The zero-order valence-corrected chi connectivity index (χ0v) is 10.8. The van der Waals surface area contributed by atoms with Crippen LogP contribution in [0.4, 0.5) is 0 Å². The molecule has 0 aliphatic heterocycles. The Hall–Kier alpha value is 1.80. The van der Waals surface area contributed by atoms with Gasteiger partial charge in [-0.2, -0.15) is 0 Å². The van der Waals surface area contributed by atoms with Gasteiger partial charge in [0.25, 0.3) is 0 Å². The maximum absolute atomic E-state index is 4.61. The van der Waals surface area contributed by atoms with Crippen LogP contribution in [-0.2, 0) is 37.5 Å². The molecule has 4 nitrogen and oxygen atoms in total. The fourth-order valence-corrected chi connectivity index (χ4v) is 0. The summed E-state index contributed by atoms with van der Waals surface area (Å²) in [5.41, 5.74) is 0. The van der Waals surface area contributed by atoms with Gasteiger partial charge >= 0.3 is 56.4 Å². The number of hydrogen-bond acceptors (Lipinski definition) is 0.